The van der Waals surface area contributed by atoms with Crippen LogP contribution >= 0.6 is 0 Å². The zero-order chi connectivity index (χ0) is 14.5. The molecule has 4 nitrogen and oxygen atoms in total. The Balaban J connectivity index is 2.75. The molecule has 0 unspecified atom stereocenters. The molecular formula is C15H25N3O. The highest BCUT2D eigenvalue weighted by Gasteiger charge is 2.19. The van der Waals surface area contributed by atoms with E-state index in [9.17, 15) is 4.79 Å². The number of amides is 2. The number of rotatable bonds is 4. The third-order valence-electron chi connectivity index (χ3n) is 2.59. The van der Waals surface area contributed by atoms with E-state index in [1.807, 2.05) is 49.9 Å². The van der Waals surface area contributed by atoms with Crippen LogP contribution in [0.5, 0.6) is 0 Å². The number of urea groups is 1. The Hall–Kier alpha value is -1.71. The predicted molar refractivity (Wildman–Crippen MR) is 79.8 cm³/mol. The van der Waals surface area contributed by atoms with Gasteiger partial charge in [0.1, 0.15) is 0 Å². The van der Waals surface area contributed by atoms with Gasteiger partial charge in [0, 0.05) is 24.3 Å². The summed E-state index contributed by atoms with van der Waals surface area (Å²) < 4.78 is 0. The molecule has 0 fully saturated rings. The van der Waals surface area contributed by atoms with Crippen molar-refractivity contribution in [2.24, 2.45) is 0 Å². The normalized spacial score (nSPS) is 11.2. The first-order valence-corrected chi connectivity index (χ1v) is 6.73. The molecule has 19 heavy (non-hydrogen) atoms. The van der Waals surface area contributed by atoms with E-state index in [0.717, 1.165) is 24.2 Å². The number of hydrogen-bond donors (Lipinski definition) is 2. The van der Waals surface area contributed by atoms with Gasteiger partial charge in [-0.3, -0.25) is 0 Å². The Morgan fingerprint density at radius 3 is 2.58 bits per heavy atom. The highest BCUT2D eigenvalue weighted by atomic mass is 16.2. The number of benzene rings is 1. The third-order valence-corrected chi connectivity index (χ3v) is 2.59. The van der Waals surface area contributed by atoms with Crippen LogP contribution in [0.25, 0.3) is 0 Å². The Labute approximate surface area is 116 Å². The van der Waals surface area contributed by atoms with Crippen molar-refractivity contribution < 1.29 is 4.79 Å². The molecule has 0 aliphatic heterocycles. The molecule has 2 amide bonds. The fourth-order valence-corrected chi connectivity index (χ4v) is 1.83. The van der Waals surface area contributed by atoms with E-state index >= 15 is 0 Å². The SMILES string of the molecule is CCCN(Cc1cccc(N)c1)C(=O)NC(C)(C)C. The van der Waals surface area contributed by atoms with Gasteiger partial charge in [-0.2, -0.15) is 0 Å². The van der Waals surface area contributed by atoms with Crippen molar-refractivity contribution in [1.82, 2.24) is 10.2 Å². The van der Waals surface area contributed by atoms with Crippen LogP contribution in [0, 0.1) is 0 Å². The smallest absolute Gasteiger partial charge is 0.318 e. The number of nitrogens with one attached hydrogen (secondary N) is 1. The number of nitrogen functional groups attached to an aromatic ring is 1. The summed E-state index contributed by atoms with van der Waals surface area (Å²) in [4.78, 5) is 14.0. The Morgan fingerprint density at radius 2 is 2.05 bits per heavy atom. The molecule has 4 heteroatoms. The maximum Gasteiger partial charge on any atom is 0.318 e. The predicted octanol–water partition coefficient (Wildman–Crippen LogP) is 2.99. The molecule has 3 N–H and O–H groups in total. The molecule has 1 rings (SSSR count). The molecule has 0 spiro atoms. The standard InChI is InChI=1S/C15H25N3O/c1-5-9-18(14(19)17-15(2,3)4)11-12-7-6-8-13(16)10-12/h6-8,10H,5,9,11,16H2,1-4H3,(H,17,19). The van der Waals surface area contributed by atoms with Gasteiger partial charge in [0.15, 0.2) is 0 Å². The van der Waals surface area contributed by atoms with Crippen molar-refractivity contribution in [2.75, 3.05) is 12.3 Å². The van der Waals surface area contributed by atoms with Crippen LogP contribution in [0.3, 0.4) is 0 Å². The number of anilines is 1. The molecule has 0 radical (unpaired) electrons. The minimum absolute atomic E-state index is 0.0308. The van der Waals surface area contributed by atoms with Crippen LogP contribution in [0.2, 0.25) is 0 Å². The Morgan fingerprint density at radius 1 is 1.37 bits per heavy atom. The fraction of sp³-hybridized carbons (Fsp3) is 0.533. The molecule has 0 heterocycles. The number of carbonyl (C=O) groups is 1. The number of carbonyl (C=O) groups excluding carboxylic acids is 1. The Kier molecular flexibility index (Phi) is 5.21. The maximum absolute atomic E-state index is 12.2. The zero-order valence-corrected chi connectivity index (χ0v) is 12.4. The first kappa shape index (κ1) is 15.3. The molecule has 0 saturated heterocycles. The zero-order valence-electron chi connectivity index (χ0n) is 12.4. The first-order valence-electron chi connectivity index (χ1n) is 6.73. The second-order valence-corrected chi connectivity index (χ2v) is 5.85. The molecule has 0 aliphatic carbocycles. The van der Waals surface area contributed by atoms with Crippen molar-refractivity contribution in [2.45, 2.75) is 46.2 Å². The summed E-state index contributed by atoms with van der Waals surface area (Å²) in [6, 6.07) is 7.63. The largest absolute Gasteiger partial charge is 0.399 e. The number of hydrogen-bond acceptors (Lipinski definition) is 2. The molecule has 0 saturated carbocycles. The average molecular weight is 263 g/mol. The molecule has 0 atom stereocenters. The highest BCUT2D eigenvalue weighted by molar-refractivity contribution is 5.75. The van der Waals surface area contributed by atoms with E-state index in [1.54, 1.807) is 0 Å². The second-order valence-electron chi connectivity index (χ2n) is 5.85. The second kappa shape index (κ2) is 6.45. The highest BCUT2D eigenvalue weighted by Crippen LogP contribution is 2.11. The van der Waals surface area contributed by atoms with Gasteiger partial charge in [-0.15, -0.1) is 0 Å². The van der Waals surface area contributed by atoms with E-state index in [2.05, 4.69) is 12.2 Å². The summed E-state index contributed by atoms with van der Waals surface area (Å²) in [5, 5.41) is 2.99. The third kappa shape index (κ3) is 5.64. The minimum Gasteiger partial charge on any atom is -0.399 e. The molecule has 0 aromatic heterocycles. The van der Waals surface area contributed by atoms with Crippen molar-refractivity contribution in [3.8, 4) is 0 Å². The Bertz CT molecular complexity index is 424. The van der Waals surface area contributed by atoms with E-state index in [1.165, 1.54) is 0 Å². The van der Waals surface area contributed by atoms with Gasteiger partial charge in [-0.1, -0.05) is 19.1 Å². The lowest BCUT2D eigenvalue weighted by molar-refractivity contribution is 0.186. The van der Waals surface area contributed by atoms with Crippen LogP contribution in [0.1, 0.15) is 39.7 Å². The van der Waals surface area contributed by atoms with Crippen molar-refractivity contribution in [1.29, 1.82) is 0 Å². The molecule has 1 aromatic rings. The number of nitrogens with zero attached hydrogens (tertiary/aromatic N) is 1. The van der Waals surface area contributed by atoms with Crippen LogP contribution in [-0.2, 0) is 6.54 Å². The summed E-state index contributed by atoms with van der Waals surface area (Å²) in [5.74, 6) is 0. The van der Waals surface area contributed by atoms with Gasteiger partial charge in [0.25, 0.3) is 0 Å². The molecule has 1 aromatic carbocycles. The molecule has 0 bridgehead atoms. The summed E-state index contributed by atoms with van der Waals surface area (Å²) in [6.45, 7) is 9.33. The fourth-order valence-electron chi connectivity index (χ4n) is 1.83. The summed E-state index contributed by atoms with van der Waals surface area (Å²) in [6.07, 6.45) is 0.930. The topological polar surface area (TPSA) is 58.4 Å². The van der Waals surface area contributed by atoms with Crippen LogP contribution < -0.4 is 11.1 Å². The lowest BCUT2D eigenvalue weighted by Crippen LogP contribution is -2.48. The lowest BCUT2D eigenvalue weighted by Gasteiger charge is -2.28. The van der Waals surface area contributed by atoms with E-state index < -0.39 is 0 Å². The minimum atomic E-state index is -0.223. The summed E-state index contributed by atoms with van der Waals surface area (Å²) >= 11 is 0. The maximum atomic E-state index is 12.2. The summed E-state index contributed by atoms with van der Waals surface area (Å²) in [5.41, 5.74) is 7.32. The average Bonchev–Trinajstić information content (AvgIpc) is 2.26. The van der Waals surface area contributed by atoms with E-state index in [-0.39, 0.29) is 11.6 Å². The van der Waals surface area contributed by atoms with Crippen LogP contribution in [0.4, 0.5) is 10.5 Å². The van der Waals surface area contributed by atoms with Crippen molar-refractivity contribution in [3.05, 3.63) is 29.8 Å². The first-order chi connectivity index (χ1) is 8.81. The van der Waals surface area contributed by atoms with Crippen molar-refractivity contribution in [3.63, 3.8) is 0 Å². The molecular weight excluding hydrogens is 238 g/mol. The van der Waals surface area contributed by atoms with Gasteiger partial charge in [-0.05, 0) is 44.9 Å². The quantitative estimate of drug-likeness (QED) is 0.820. The van der Waals surface area contributed by atoms with E-state index in [0.29, 0.717) is 6.54 Å². The van der Waals surface area contributed by atoms with Crippen LogP contribution in [-0.4, -0.2) is 23.0 Å². The van der Waals surface area contributed by atoms with Gasteiger partial charge in [-0.25, -0.2) is 4.79 Å². The van der Waals surface area contributed by atoms with Gasteiger partial charge >= 0.3 is 6.03 Å². The monoisotopic (exact) mass is 263 g/mol. The van der Waals surface area contributed by atoms with Crippen LogP contribution in [0.15, 0.2) is 24.3 Å². The van der Waals surface area contributed by atoms with Crippen molar-refractivity contribution >= 4 is 11.7 Å². The van der Waals surface area contributed by atoms with Gasteiger partial charge in [0.05, 0.1) is 0 Å². The summed E-state index contributed by atoms with van der Waals surface area (Å²) in [7, 11) is 0. The molecule has 0 aliphatic rings. The lowest BCUT2D eigenvalue weighted by atomic mass is 10.1. The van der Waals surface area contributed by atoms with Gasteiger partial charge < -0.3 is 16.0 Å². The molecule has 106 valence electrons. The number of nitrogens with two attached hydrogens (primary N) is 1. The van der Waals surface area contributed by atoms with Gasteiger partial charge in [0.2, 0.25) is 0 Å². The van der Waals surface area contributed by atoms with E-state index in [4.69, 9.17) is 5.73 Å².